The van der Waals surface area contributed by atoms with Gasteiger partial charge in [-0.3, -0.25) is 57.7 Å². The molecule has 0 saturated carbocycles. The standard InChI is InChI=1S/C74H113N13O14S/c1-15-49(8)65(57(99-13)45-61(91)86-38-23-27-56(86)66(100-14)50(9)68(92)79-55(72-75-36-43-102-72)44-51-24-18-16-19-25-51)83(11)73(96)63(47(4)5)81-71(95)64(48(6)7)84(12)101-67(74(97)85-41-39-82(10)40-42-85)52-29-31-53(32-30-52)77-69(93)54(26-22-35-76-98)78-70(94)62(46(2)3)80-58(88)28-20-17-21-37-87-59(89)33-34-60(87)90/h16,18-19,24-25,29-34,36,43,46-50,54-57,62-67,76,98H,15,17,20-23,26-28,35,37-42,44-45H2,1-14H3,(H,77,93)(H,78,94)(H,79,92)(H,80,88)(H,81,95)/t49-,50+,54-,55-,56-,57+,62-,63-,64-,65-,66+,67?/m0/s1. The van der Waals surface area contributed by atoms with Crippen molar-refractivity contribution in [2.75, 3.05) is 86.5 Å². The Morgan fingerprint density at radius 3 is 1.99 bits per heavy atom. The summed E-state index contributed by atoms with van der Waals surface area (Å²) in [7, 11) is 8.31. The van der Waals surface area contributed by atoms with Crippen LogP contribution in [-0.2, 0) is 68.7 Å². The zero-order valence-electron chi connectivity index (χ0n) is 62.2. The minimum Gasteiger partial charge on any atom is -0.379 e. The number of ether oxygens (including phenoxy) is 2. The Hall–Kier alpha value is -7.57. The number of thiazole rings is 1. The SMILES string of the molecule is CC[C@H](C)[C@@H]([C@@H](CC(=O)N1CCC[C@H]1[C@H](OC)[C@@H](C)C(=O)N[C@@H](Cc1ccccc1)c1nccs1)OC)N(C)C(=O)[C@@H](NC(=O)[C@H](C(C)C)N(C)OC(C(=O)N1CCN(C)CC1)c1ccc(NC(=O)[C@H](CCCNO)NC(=O)[C@@H](NC(=O)CCCCCN2C(=O)C=CC2=O)C(C)C)cc1)C(C)C. The van der Waals surface area contributed by atoms with E-state index in [1.165, 1.54) is 35.7 Å². The molecule has 12 atom stereocenters. The number of amides is 10. The molecule has 2 aromatic carbocycles. The Bertz CT molecular complexity index is 3230. The molecule has 3 aliphatic rings. The summed E-state index contributed by atoms with van der Waals surface area (Å²) in [6.45, 7) is 19.6. The fraction of sp³-hybridized carbons (Fsp3) is 0.635. The van der Waals surface area contributed by atoms with Gasteiger partial charge in [0.05, 0.1) is 42.7 Å². The van der Waals surface area contributed by atoms with Crippen molar-refractivity contribution in [2.24, 2.45) is 29.6 Å². The van der Waals surface area contributed by atoms with Gasteiger partial charge in [0, 0.05) is 110 Å². The number of hydrogen-bond acceptors (Lipinski definition) is 19. The summed E-state index contributed by atoms with van der Waals surface area (Å²) in [6, 6.07) is 10.8. The predicted molar refractivity (Wildman–Crippen MR) is 387 cm³/mol. The molecule has 1 aromatic heterocycles. The monoisotopic (exact) mass is 1440 g/mol. The van der Waals surface area contributed by atoms with Crippen molar-refractivity contribution in [3.63, 3.8) is 0 Å². The normalized spacial score (nSPS) is 18.3. The third kappa shape index (κ3) is 23.5. The van der Waals surface area contributed by atoms with Crippen molar-refractivity contribution in [3.8, 4) is 0 Å². The number of likely N-dealkylation sites (N-methyl/N-ethyl adjacent to an activating group) is 3. The van der Waals surface area contributed by atoms with E-state index in [1.54, 1.807) is 80.2 Å². The van der Waals surface area contributed by atoms with E-state index in [1.807, 2.05) is 91.2 Å². The topological polar surface area (TPSA) is 323 Å². The van der Waals surface area contributed by atoms with Crippen LogP contribution in [0.5, 0.6) is 0 Å². The molecule has 0 aliphatic carbocycles. The number of piperazine rings is 1. The molecular weight excluding hydrogens is 1330 g/mol. The lowest BCUT2D eigenvalue weighted by Gasteiger charge is -2.41. The highest BCUT2D eigenvalue weighted by atomic mass is 32.1. The van der Waals surface area contributed by atoms with Gasteiger partial charge < -0.3 is 60.9 Å². The highest BCUT2D eigenvalue weighted by Crippen LogP contribution is 2.32. The molecule has 564 valence electrons. The number of nitrogens with zero attached hydrogens (tertiary/aromatic N) is 7. The van der Waals surface area contributed by atoms with Gasteiger partial charge in [-0.25, -0.2) is 10.5 Å². The van der Waals surface area contributed by atoms with Gasteiger partial charge in [-0.15, -0.1) is 11.3 Å². The van der Waals surface area contributed by atoms with Gasteiger partial charge in [0.2, 0.25) is 41.4 Å². The van der Waals surface area contributed by atoms with Crippen LogP contribution in [0.2, 0.25) is 0 Å². The summed E-state index contributed by atoms with van der Waals surface area (Å²) in [4.78, 5) is 158. The lowest BCUT2D eigenvalue weighted by atomic mass is 9.89. The molecule has 6 rings (SSSR count). The minimum atomic E-state index is -1.28. The number of nitrogens with one attached hydrogen (secondary N) is 6. The molecule has 102 heavy (non-hydrogen) atoms. The molecule has 2 saturated heterocycles. The van der Waals surface area contributed by atoms with Gasteiger partial charge in [-0.1, -0.05) is 118 Å². The smallest absolute Gasteiger partial charge is 0.258 e. The van der Waals surface area contributed by atoms with E-state index in [9.17, 15) is 48.4 Å². The van der Waals surface area contributed by atoms with Crippen molar-refractivity contribution in [1.29, 1.82) is 0 Å². The van der Waals surface area contributed by atoms with E-state index >= 15 is 4.79 Å². The number of carbonyl (C=O) groups is 10. The second kappa shape index (κ2) is 41.1. The fourth-order valence-corrected chi connectivity index (χ4v) is 14.3. The first-order valence-corrected chi connectivity index (χ1v) is 37.0. The molecule has 7 N–H and O–H groups in total. The second-order valence-electron chi connectivity index (χ2n) is 28.3. The Morgan fingerprint density at radius 1 is 0.735 bits per heavy atom. The van der Waals surface area contributed by atoms with Gasteiger partial charge in [0.1, 0.15) is 29.2 Å². The van der Waals surface area contributed by atoms with E-state index in [-0.39, 0.29) is 92.1 Å². The highest BCUT2D eigenvalue weighted by molar-refractivity contribution is 7.09. The molecule has 0 radical (unpaired) electrons. The number of hydrogen-bond donors (Lipinski definition) is 7. The maximum Gasteiger partial charge on any atom is 0.258 e. The van der Waals surface area contributed by atoms with Crippen LogP contribution >= 0.6 is 11.3 Å². The molecule has 4 heterocycles. The van der Waals surface area contributed by atoms with Crippen molar-refractivity contribution in [1.82, 2.24) is 61.3 Å². The number of imide groups is 1. The minimum absolute atomic E-state index is 0.0745. The Morgan fingerprint density at radius 2 is 1.40 bits per heavy atom. The first kappa shape index (κ1) is 83.4. The summed E-state index contributed by atoms with van der Waals surface area (Å²) in [5.41, 5.74) is 3.85. The molecule has 1 unspecified atom stereocenters. The molecular formula is C74H113N13O14S. The first-order chi connectivity index (χ1) is 48.6. The third-order valence-electron chi connectivity index (χ3n) is 19.8. The average molecular weight is 1440 g/mol. The van der Waals surface area contributed by atoms with Gasteiger partial charge in [0.25, 0.3) is 17.7 Å². The van der Waals surface area contributed by atoms with E-state index in [0.29, 0.717) is 88.9 Å². The van der Waals surface area contributed by atoms with E-state index in [4.69, 9.17) is 14.3 Å². The zero-order chi connectivity index (χ0) is 74.9. The lowest BCUT2D eigenvalue weighted by Crippen LogP contribution is -2.60. The number of anilines is 1. The number of unbranched alkanes of at least 4 members (excludes halogenated alkanes) is 2. The van der Waals surface area contributed by atoms with Crippen LogP contribution in [0.25, 0.3) is 0 Å². The van der Waals surface area contributed by atoms with Crippen LogP contribution in [0.4, 0.5) is 5.69 Å². The van der Waals surface area contributed by atoms with E-state index in [2.05, 4.69) is 41.9 Å². The summed E-state index contributed by atoms with van der Waals surface area (Å²) in [6.07, 6.45) is 5.90. The van der Waals surface area contributed by atoms with Crippen LogP contribution in [0, 0.1) is 29.6 Å². The molecule has 10 amide bonds. The Kier molecular flexibility index (Phi) is 33.6. The molecule has 3 aromatic rings. The van der Waals surface area contributed by atoms with Gasteiger partial charge in [-0.05, 0) is 98.9 Å². The highest BCUT2D eigenvalue weighted by Gasteiger charge is 2.45. The quantitative estimate of drug-likeness (QED) is 0.0200. The van der Waals surface area contributed by atoms with Crippen molar-refractivity contribution in [3.05, 3.63) is 94.5 Å². The second-order valence-corrected chi connectivity index (χ2v) is 29.2. The number of methoxy groups -OCH3 is 2. The Balaban J connectivity index is 1.13. The number of benzene rings is 2. The van der Waals surface area contributed by atoms with Crippen LogP contribution in [-0.4, -0.2) is 228 Å². The largest absolute Gasteiger partial charge is 0.379 e. The number of likely N-dealkylation sites (tertiary alicyclic amines) is 1. The van der Waals surface area contributed by atoms with Crippen LogP contribution in [0.1, 0.15) is 155 Å². The van der Waals surface area contributed by atoms with Crippen LogP contribution in [0.3, 0.4) is 0 Å². The average Bonchev–Trinajstić information content (AvgIpc) is 1.42. The zero-order valence-corrected chi connectivity index (χ0v) is 63.0. The lowest BCUT2D eigenvalue weighted by molar-refractivity contribution is -0.220. The molecule has 3 aliphatic heterocycles. The molecule has 2 fully saturated rings. The first-order valence-electron chi connectivity index (χ1n) is 36.1. The number of carbonyl (C=O) groups excluding carboxylic acids is 10. The molecule has 27 nitrogen and oxygen atoms in total. The molecule has 28 heteroatoms. The third-order valence-corrected chi connectivity index (χ3v) is 20.7. The van der Waals surface area contributed by atoms with Crippen molar-refractivity contribution < 1.29 is 67.5 Å². The maximum absolute atomic E-state index is 15.2. The Labute approximate surface area is 606 Å². The van der Waals surface area contributed by atoms with Crippen molar-refractivity contribution >= 4 is 76.1 Å². The van der Waals surface area contributed by atoms with Gasteiger partial charge in [-0.2, -0.15) is 5.06 Å². The summed E-state index contributed by atoms with van der Waals surface area (Å²) in [5, 5.41) is 28.2. The van der Waals surface area contributed by atoms with E-state index in [0.717, 1.165) is 15.5 Å². The van der Waals surface area contributed by atoms with Crippen LogP contribution < -0.4 is 32.1 Å². The van der Waals surface area contributed by atoms with Gasteiger partial charge in [0.15, 0.2) is 6.10 Å². The summed E-state index contributed by atoms with van der Waals surface area (Å²) < 4.78 is 12.3. The molecule has 0 spiro atoms. The number of hydroxylamine groups is 3. The van der Waals surface area contributed by atoms with Crippen molar-refractivity contribution in [2.45, 2.75) is 194 Å². The van der Waals surface area contributed by atoms with Gasteiger partial charge >= 0.3 is 0 Å². The van der Waals surface area contributed by atoms with E-state index < -0.39 is 95.9 Å². The number of rotatable bonds is 41. The fourth-order valence-electron chi connectivity index (χ4n) is 13.6. The van der Waals surface area contributed by atoms with Crippen LogP contribution in [0.15, 0.2) is 78.3 Å². The number of aromatic nitrogens is 1. The summed E-state index contributed by atoms with van der Waals surface area (Å²) >= 11 is 1.47. The maximum atomic E-state index is 15.2. The summed E-state index contributed by atoms with van der Waals surface area (Å²) in [5.74, 6) is -6.02. The molecule has 0 bridgehead atoms. The predicted octanol–water partition coefficient (Wildman–Crippen LogP) is 5.82.